The van der Waals surface area contributed by atoms with Crippen molar-refractivity contribution in [1.29, 1.82) is 0 Å². The number of esters is 1. The highest BCUT2D eigenvalue weighted by molar-refractivity contribution is 5.69. The third-order valence-electron chi connectivity index (χ3n) is 10.6. The zero-order valence-corrected chi connectivity index (χ0v) is 19.3. The van der Waals surface area contributed by atoms with Gasteiger partial charge in [-0.25, -0.2) is 0 Å². The normalized spacial score (nSPS) is 51.4. The molecular weight excluding hydrogens is 380 g/mol. The molecule has 4 aliphatic rings. The minimum absolute atomic E-state index is 0.00715. The van der Waals surface area contributed by atoms with Crippen molar-refractivity contribution >= 4 is 5.97 Å². The van der Waals surface area contributed by atoms with Gasteiger partial charge in [0, 0.05) is 6.42 Å². The Morgan fingerprint density at radius 3 is 2.47 bits per heavy atom. The molecule has 4 saturated carbocycles. The molecule has 3 N–H and O–H groups in total. The Bertz CT molecular complexity index is 666. The Labute approximate surface area is 181 Å². The Morgan fingerprint density at radius 1 is 1.03 bits per heavy atom. The molecule has 0 bridgehead atoms. The van der Waals surface area contributed by atoms with E-state index in [1.165, 1.54) is 7.11 Å². The van der Waals surface area contributed by atoms with Gasteiger partial charge in [0.1, 0.15) is 0 Å². The molecule has 172 valence electrons. The third kappa shape index (κ3) is 3.17. The molecule has 0 heterocycles. The summed E-state index contributed by atoms with van der Waals surface area (Å²) in [6.07, 6.45) is 7.53. The molecule has 5 nitrogen and oxygen atoms in total. The van der Waals surface area contributed by atoms with Gasteiger partial charge in [-0.3, -0.25) is 4.79 Å². The molecule has 0 aromatic carbocycles. The van der Waals surface area contributed by atoms with Crippen molar-refractivity contribution in [2.75, 3.05) is 7.11 Å². The smallest absolute Gasteiger partial charge is 0.305 e. The molecule has 0 unspecified atom stereocenters. The predicted molar refractivity (Wildman–Crippen MR) is 114 cm³/mol. The number of fused-ring (bicyclic) bond motifs is 5. The molecule has 0 aromatic heterocycles. The minimum atomic E-state index is -0.745. The van der Waals surface area contributed by atoms with Crippen LogP contribution < -0.4 is 0 Å². The summed E-state index contributed by atoms with van der Waals surface area (Å²) in [6.45, 7) is 6.83. The van der Waals surface area contributed by atoms with Crippen molar-refractivity contribution < 1.29 is 24.9 Å². The van der Waals surface area contributed by atoms with Crippen LogP contribution >= 0.6 is 0 Å². The summed E-state index contributed by atoms with van der Waals surface area (Å²) < 4.78 is 4.83. The van der Waals surface area contributed by atoms with E-state index < -0.39 is 11.7 Å². The van der Waals surface area contributed by atoms with Crippen LogP contribution in [0.5, 0.6) is 0 Å². The van der Waals surface area contributed by atoms with Gasteiger partial charge in [-0.2, -0.15) is 0 Å². The molecule has 0 aliphatic heterocycles. The number of aliphatic hydroxyl groups is 3. The van der Waals surface area contributed by atoms with Crippen molar-refractivity contribution in [2.24, 2.45) is 40.4 Å². The molecule has 30 heavy (non-hydrogen) atoms. The number of hydrogen-bond donors (Lipinski definition) is 3. The second kappa shape index (κ2) is 7.74. The van der Waals surface area contributed by atoms with Crippen LogP contribution in [0.1, 0.15) is 85.0 Å². The third-order valence-corrected chi connectivity index (χ3v) is 10.6. The van der Waals surface area contributed by atoms with Crippen LogP contribution in [-0.4, -0.2) is 46.2 Å². The number of carbonyl (C=O) groups excluding carboxylic acids is 1. The maximum Gasteiger partial charge on any atom is 0.305 e. The first-order chi connectivity index (χ1) is 14.1. The highest BCUT2D eigenvalue weighted by Crippen LogP contribution is 2.69. The molecule has 0 aromatic rings. The van der Waals surface area contributed by atoms with Crippen molar-refractivity contribution in [2.45, 2.75) is 103 Å². The number of carbonyl (C=O) groups is 1. The number of rotatable bonds is 4. The number of ether oxygens (including phenoxy) is 1. The van der Waals surface area contributed by atoms with E-state index in [2.05, 4.69) is 20.8 Å². The Kier molecular flexibility index (Phi) is 5.81. The van der Waals surface area contributed by atoms with Crippen LogP contribution in [-0.2, 0) is 9.53 Å². The summed E-state index contributed by atoms with van der Waals surface area (Å²) in [5.41, 5.74) is -0.904. The van der Waals surface area contributed by atoms with Crippen molar-refractivity contribution in [3.63, 3.8) is 0 Å². The second-order valence-corrected chi connectivity index (χ2v) is 11.7. The van der Waals surface area contributed by atoms with E-state index in [0.717, 1.165) is 44.9 Å². The molecule has 4 rings (SSSR count). The lowest BCUT2D eigenvalue weighted by Gasteiger charge is -2.64. The second-order valence-electron chi connectivity index (χ2n) is 11.7. The first kappa shape index (κ1) is 22.5. The van der Waals surface area contributed by atoms with Crippen LogP contribution in [0.2, 0.25) is 0 Å². The average Bonchev–Trinajstić information content (AvgIpc) is 2.99. The molecule has 10 atom stereocenters. The first-order valence-electron chi connectivity index (χ1n) is 12.2. The lowest BCUT2D eigenvalue weighted by molar-refractivity contribution is -0.234. The number of aliphatic hydroxyl groups excluding tert-OH is 2. The van der Waals surface area contributed by atoms with Gasteiger partial charge in [-0.05, 0) is 98.2 Å². The Morgan fingerprint density at radius 2 is 1.77 bits per heavy atom. The quantitative estimate of drug-likeness (QED) is 0.602. The van der Waals surface area contributed by atoms with Crippen LogP contribution in [0.3, 0.4) is 0 Å². The van der Waals surface area contributed by atoms with Crippen molar-refractivity contribution in [3.05, 3.63) is 0 Å². The number of methoxy groups -OCH3 is 1. The van der Waals surface area contributed by atoms with E-state index in [1.807, 2.05) is 0 Å². The van der Waals surface area contributed by atoms with Gasteiger partial charge in [-0.15, -0.1) is 0 Å². The Balaban J connectivity index is 1.58. The van der Waals surface area contributed by atoms with Gasteiger partial charge in [-0.1, -0.05) is 20.8 Å². The van der Waals surface area contributed by atoms with Crippen molar-refractivity contribution in [1.82, 2.24) is 0 Å². The SMILES string of the molecule is COC(=O)CC[C@@H](C)[C@H]1CC[C@@]2(O)[C@@H]3C[C@@H](O)[C@@H]4C[C@H](O)CC[C@]4(C)[C@H]3CC[C@]12C. The zero-order valence-electron chi connectivity index (χ0n) is 19.3. The largest absolute Gasteiger partial charge is 0.469 e. The monoisotopic (exact) mass is 422 g/mol. The summed E-state index contributed by atoms with van der Waals surface area (Å²) in [4.78, 5) is 11.7. The first-order valence-corrected chi connectivity index (χ1v) is 12.2. The lowest BCUT2D eigenvalue weighted by Crippen LogP contribution is -2.65. The van der Waals surface area contributed by atoms with Crippen LogP contribution in [0.15, 0.2) is 0 Å². The number of hydrogen-bond acceptors (Lipinski definition) is 5. The highest BCUT2D eigenvalue weighted by Gasteiger charge is 2.68. The summed E-state index contributed by atoms with van der Waals surface area (Å²) in [6, 6.07) is 0. The molecule has 0 radical (unpaired) electrons. The molecule has 0 amide bonds. The summed E-state index contributed by atoms with van der Waals surface area (Å²) in [5.74, 6) is 1.29. The molecule has 5 heteroatoms. The van der Waals surface area contributed by atoms with Crippen molar-refractivity contribution in [3.8, 4) is 0 Å². The lowest BCUT2D eigenvalue weighted by atomic mass is 9.42. The van der Waals surface area contributed by atoms with Gasteiger partial charge in [0.05, 0.1) is 24.9 Å². The minimum Gasteiger partial charge on any atom is -0.469 e. The van der Waals surface area contributed by atoms with Crippen LogP contribution in [0.4, 0.5) is 0 Å². The van der Waals surface area contributed by atoms with E-state index in [0.29, 0.717) is 37.0 Å². The predicted octanol–water partition coefficient (Wildman–Crippen LogP) is 3.68. The standard InChI is InChI=1S/C25H42O5/c1-15(5-6-22(28)30-4)17-9-12-25(29)19-14-21(27)20-13-16(26)7-10-23(20,2)18(19)8-11-24(17,25)3/h15-21,26-27,29H,5-14H2,1-4H3/t15-,16-,17-,18+,19-,20+,21-,23-,24-,25-/m1/s1. The maximum absolute atomic E-state index is 12.2. The fraction of sp³-hybridized carbons (Fsp3) is 0.960. The van der Waals surface area contributed by atoms with Gasteiger partial charge in [0.25, 0.3) is 0 Å². The topological polar surface area (TPSA) is 87.0 Å². The molecule has 4 aliphatic carbocycles. The van der Waals surface area contributed by atoms with Crippen LogP contribution in [0.25, 0.3) is 0 Å². The van der Waals surface area contributed by atoms with Gasteiger partial charge >= 0.3 is 5.97 Å². The van der Waals surface area contributed by atoms with Gasteiger partial charge in [0.15, 0.2) is 0 Å². The molecular formula is C25H42O5. The van der Waals surface area contributed by atoms with E-state index in [1.54, 1.807) is 0 Å². The summed E-state index contributed by atoms with van der Waals surface area (Å²) in [5, 5.41) is 33.6. The maximum atomic E-state index is 12.2. The van der Waals surface area contributed by atoms with Crippen LogP contribution in [0, 0.1) is 40.4 Å². The summed E-state index contributed by atoms with van der Waals surface area (Å²) in [7, 11) is 1.44. The summed E-state index contributed by atoms with van der Waals surface area (Å²) >= 11 is 0. The highest BCUT2D eigenvalue weighted by atomic mass is 16.5. The van der Waals surface area contributed by atoms with E-state index in [9.17, 15) is 20.1 Å². The van der Waals surface area contributed by atoms with E-state index in [-0.39, 0.29) is 34.7 Å². The van der Waals surface area contributed by atoms with Gasteiger partial charge in [0.2, 0.25) is 0 Å². The Hall–Kier alpha value is -0.650. The van der Waals surface area contributed by atoms with E-state index >= 15 is 0 Å². The fourth-order valence-electron chi connectivity index (χ4n) is 8.84. The molecule has 4 fully saturated rings. The molecule has 0 spiro atoms. The zero-order chi connectivity index (χ0) is 21.9. The molecule has 0 saturated heterocycles. The van der Waals surface area contributed by atoms with Gasteiger partial charge < -0.3 is 20.1 Å². The fourth-order valence-corrected chi connectivity index (χ4v) is 8.84. The van der Waals surface area contributed by atoms with E-state index in [4.69, 9.17) is 4.74 Å². The average molecular weight is 423 g/mol.